The zero-order valence-electron chi connectivity index (χ0n) is 9.27. The summed E-state index contributed by atoms with van der Waals surface area (Å²) in [5.74, 6) is 2.44. The standard InChI is InChI=1S/C11H14N2O2S/c1-4-9-12-10-5-7-11(8-6-10)16(14,15)13(2)3/h1,5-8,12H,9H2,2-3H3. The number of benzene rings is 1. The highest BCUT2D eigenvalue weighted by Gasteiger charge is 2.16. The fourth-order valence-corrected chi connectivity index (χ4v) is 2.01. The Kier molecular flexibility index (Phi) is 3.93. The average molecular weight is 238 g/mol. The second kappa shape index (κ2) is 5.01. The van der Waals surface area contributed by atoms with E-state index in [1.807, 2.05) is 0 Å². The molecule has 0 atom stereocenters. The van der Waals surface area contributed by atoms with E-state index in [0.29, 0.717) is 6.54 Å². The third-order valence-corrected chi connectivity index (χ3v) is 3.86. The summed E-state index contributed by atoms with van der Waals surface area (Å²) in [4.78, 5) is 0.267. The molecule has 4 nitrogen and oxygen atoms in total. The minimum Gasteiger partial charge on any atom is -0.374 e. The van der Waals surface area contributed by atoms with Crippen molar-refractivity contribution in [2.45, 2.75) is 4.90 Å². The van der Waals surface area contributed by atoms with Crippen LogP contribution in [0.2, 0.25) is 0 Å². The summed E-state index contributed by atoms with van der Waals surface area (Å²) in [6.45, 7) is 0.416. The highest BCUT2D eigenvalue weighted by molar-refractivity contribution is 7.89. The van der Waals surface area contributed by atoms with Crippen molar-refractivity contribution < 1.29 is 8.42 Å². The van der Waals surface area contributed by atoms with E-state index in [2.05, 4.69) is 11.2 Å². The van der Waals surface area contributed by atoms with Crippen LogP contribution < -0.4 is 5.32 Å². The van der Waals surface area contributed by atoms with Crippen LogP contribution in [0.1, 0.15) is 0 Å². The van der Waals surface area contributed by atoms with E-state index in [9.17, 15) is 8.42 Å². The van der Waals surface area contributed by atoms with Crippen LogP contribution in [0.15, 0.2) is 29.2 Å². The van der Waals surface area contributed by atoms with Gasteiger partial charge >= 0.3 is 0 Å². The Morgan fingerprint density at radius 2 is 1.88 bits per heavy atom. The molecule has 0 bridgehead atoms. The summed E-state index contributed by atoms with van der Waals surface area (Å²) in [6, 6.07) is 6.48. The largest absolute Gasteiger partial charge is 0.374 e. The molecule has 1 aromatic carbocycles. The van der Waals surface area contributed by atoms with Gasteiger partial charge in [-0.15, -0.1) is 6.42 Å². The van der Waals surface area contributed by atoms with E-state index in [1.165, 1.54) is 18.4 Å². The molecule has 0 spiro atoms. The highest BCUT2D eigenvalue weighted by Crippen LogP contribution is 2.16. The molecule has 0 aliphatic rings. The van der Waals surface area contributed by atoms with Crippen molar-refractivity contribution in [3.8, 4) is 12.3 Å². The molecule has 16 heavy (non-hydrogen) atoms. The van der Waals surface area contributed by atoms with Crippen molar-refractivity contribution in [1.82, 2.24) is 4.31 Å². The fraction of sp³-hybridized carbons (Fsp3) is 0.273. The molecule has 0 fully saturated rings. The molecule has 86 valence electrons. The van der Waals surface area contributed by atoms with Gasteiger partial charge in [0.25, 0.3) is 0 Å². The number of hydrogen-bond donors (Lipinski definition) is 1. The summed E-state index contributed by atoms with van der Waals surface area (Å²) in [5.41, 5.74) is 0.802. The van der Waals surface area contributed by atoms with Crippen molar-refractivity contribution in [2.24, 2.45) is 0 Å². The SMILES string of the molecule is C#CCNc1ccc(S(=O)(=O)N(C)C)cc1. The van der Waals surface area contributed by atoms with Crippen molar-refractivity contribution in [3.63, 3.8) is 0 Å². The Labute approximate surface area is 96.3 Å². The molecule has 0 saturated heterocycles. The first-order chi connectivity index (χ1) is 7.48. The summed E-state index contributed by atoms with van der Waals surface area (Å²) >= 11 is 0. The van der Waals surface area contributed by atoms with Crippen LogP contribution in [-0.2, 0) is 10.0 Å². The van der Waals surface area contributed by atoms with Gasteiger partial charge in [-0.25, -0.2) is 12.7 Å². The lowest BCUT2D eigenvalue weighted by Gasteiger charge is -2.11. The van der Waals surface area contributed by atoms with Crippen LogP contribution in [0.3, 0.4) is 0 Å². The van der Waals surface area contributed by atoms with Gasteiger partial charge in [-0.1, -0.05) is 5.92 Å². The third-order valence-electron chi connectivity index (χ3n) is 2.03. The van der Waals surface area contributed by atoms with Crippen LogP contribution in [-0.4, -0.2) is 33.4 Å². The lowest BCUT2D eigenvalue weighted by Crippen LogP contribution is -2.22. The molecular weight excluding hydrogens is 224 g/mol. The molecule has 0 aliphatic carbocycles. The number of anilines is 1. The number of terminal acetylenes is 1. The van der Waals surface area contributed by atoms with Crippen molar-refractivity contribution >= 4 is 15.7 Å². The molecule has 0 saturated carbocycles. The maximum atomic E-state index is 11.7. The average Bonchev–Trinajstić information content (AvgIpc) is 2.26. The van der Waals surface area contributed by atoms with E-state index < -0.39 is 10.0 Å². The molecule has 0 amide bonds. The van der Waals surface area contributed by atoms with Crippen LogP contribution >= 0.6 is 0 Å². The quantitative estimate of drug-likeness (QED) is 0.796. The van der Waals surface area contributed by atoms with Crippen molar-refractivity contribution in [2.75, 3.05) is 26.0 Å². The Bertz CT molecular complexity index is 484. The molecule has 1 rings (SSSR count). The van der Waals surface area contributed by atoms with Gasteiger partial charge in [0.1, 0.15) is 0 Å². The number of rotatable bonds is 4. The van der Waals surface area contributed by atoms with Gasteiger partial charge in [0.15, 0.2) is 0 Å². The van der Waals surface area contributed by atoms with Gasteiger partial charge < -0.3 is 5.32 Å². The van der Waals surface area contributed by atoms with Gasteiger partial charge in [-0.05, 0) is 24.3 Å². The van der Waals surface area contributed by atoms with E-state index in [-0.39, 0.29) is 4.90 Å². The van der Waals surface area contributed by atoms with Crippen LogP contribution in [0.5, 0.6) is 0 Å². The van der Waals surface area contributed by atoms with Crippen molar-refractivity contribution in [3.05, 3.63) is 24.3 Å². The minimum absolute atomic E-state index is 0.267. The van der Waals surface area contributed by atoms with Crippen LogP contribution in [0.4, 0.5) is 5.69 Å². The lowest BCUT2D eigenvalue weighted by atomic mass is 10.3. The van der Waals surface area contributed by atoms with E-state index >= 15 is 0 Å². The predicted octanol–water partition coefficient (Wildman–Crippen LogP) is 0.982. The summed E-state index contributed by atoms with van der Waals surface area (Å²) in [5, 5.41) is 2.96. The van der Waals surface area contributed by atoms with E-state index in [0.717, 1.165) is 5.69 Å². The molecule has 0 unspecified atom stereocenters. The fourth-order valence-electron chi connectivity index (χ4n) is 1.11. The summed E-state index contributed by atoms with van der Waals surface area (Å²) in [7, 11) is -0.349. The minimum atomic E-state index is -3.35. The van der Waals surface area contributed by atoms with Gasteiger partial charge in [-0.2, -0.15) is 0 Å². The molecule has 0 aromatic heterocycles. The Morgan fingerprint density at radius 3 is 2.31 bits per heavy atom. The molecule has 0 aliphatic heterocycles. The summed E-state index contributed by atoms with van der Waals surface area (Å²) < 4.78 is 24.6. The monoisotopic (exact) mass is 238 g/mol. The van der Waals surface area contributed by atoms with Crippen molar-refractivity contribution in [1.29, 1.82) is 0 Å². The topological polar surface area (TPSA) is 49.4 Å². The normalized spacial score (nSPS) is 11.1. The van der Waals surface area contributed by atoms with E-state index in [4.69, 9.17) is 6.42 Å². The maximum Gasteiger partial charge on any atom is 0.242 e. The van der Waals surface area contributed by atoms with Gasteiger partial charge in [0, 0.05) is 19.8 Å². The Morgan fingerprint density at radius 1 is 1.31 bits per heavy atom. The number of sulfonamides is 1. The molecule has 0 heterocycles. The molecule has 0 radical (unpaired) electrons. The second-order valence-electron chi connectivity index (χ2n) is 3.37. The first-order valence-corrected chi connectivity index (χ1v) is 6.12. The number of hydrogen-bond acceptors (Lipinski definition) is 3. The summed E-state index contributed by atoms with van der Waals surface area (Å²) in [6.07, 6.45) is 5.10. The number of nitrogens with zero attached hydrogens (tertiary/aromatic N) is 1. The zero-order chi connectivity index (χ0) is 12.2. The first-order valence-electron chi connectivity index (χ1n) is 4.68. The lowest BCUT2D eigenvalue weighted by molar-refractivity contribution is 0.521. The number of nitrogens with one attached hydrogen (secondary N) is 1. The van der Waals surface area contributed by atoms with E-state index in [1.54, 1.807) is 24.3 Å². The van der Waals surface area contributed by atoms with Gasteiger partial charge in [0.05, 0.1) is 11.4 Å². The highest BCUT2D eigenvalue weighted by atomic mass is 32.2. The second-order valence-corrected chi connectivity index (χ2v) is 5.52. The maximum absolute atomic E-state index is 11.7. The zero-order valence-corrected chi connectivity index (χ0v) is 10.1. The van der Waals surface area contributed by atoms with Gasteiger partial charge in [0.2, 0.25) is 10.0 Å². The molecule has 1 N–H and O–H groups in total. The smallest absolute Gasteiger partial charge is 0.242 e. The van der Waals surface area contributed by atoms with Crippen LogP contribution in [0.25, 0.3) is 0 Å². The first kappa shape index (κ1) is 12.6. The third kappa shape index (κ3) is 2.75. The Balaban J connectivity index is 2.92. The van der Waals surface area contributed by atoms with Gasteiger partial charge in [-0.3, -0.25) is 0 Å². The Hall–Kier alpha value is -1.51. The molecule has 1 aromatic rings. The predicted molar refractivity (Wildman–Crippen MR) is 64.6 cm³/mol. The molecule has 5 heteroatoms. The van der Waals surface area contributed by atoms with Crippen LogP contribution in [0, 0.1) is 12.3 Å². The molecular formula is C11H14N2O2S.